The van der Waals surface area contributed by atoms with E-state index in [1.807, 2.05) is 0 Å². The monoisotopic (exact) mass is 283 g/mol. The molecular formula is C16H29NO3. The summed E-state index contributed by atoms with van der Waals surface area (Å²) in [4.78, 5) is 11.3. The summed E-state index contributed by atoms with van der Waals surface area (Å²) in [7, 11) is 0. The summed E-state index contributed by atoms with van der Waals surface area (Å²) >= 11 is 0. The first-order valence-electron chi connectivity index (χ1n) is 7.88. The van der Waals surface area contributed by atoms with E-state index in [9.17, 15) is 9.90 Å². The quantitative estimate of drug-likeness (QED) is 0.835. The summed E-state index contributed by atoms with van der Waals surface area (Å²) < 4.78 is 6.24. The normalized spacial score (nSPS) is 41.3. The van der Waals surface area contributed by atoms with Gasteiger partial charge in [0.2, 0.25) is 0 Å². The Morgan fingerprint density at radius 2 is 1.95 bits per heavy atom. The van der Waals surface area contributed by atoms with Crippen molar-refractivity contribution in [2.75, 3.05) is 0 Å². The van der Waals surface area contributed by atoms with Crippen LogP contribution in [0.3, 0.4) is 0 Å². The summed E-state index contributed by atoms with van der Waals surface area (Å²) in [5, 5.41) is 9.27. The molecule has 116 valence electrons. The molecule has 2 rings (SSSR count). The van der Waals surface area contributed by atoms with Crippen LogP contribution in [0.5, 0.6) is 0 Å². The molecule has 0 radical (unpaired) electrons. The molecule has 0 saturated heterocycles. The van der Waals surface area contributed by atoms with Gasteiger partial charge >= 0.3 is 5.97 Å². The lowest BCUT2D eigenvalue weighted by atomic mass is 9.71. The number of carbonyl (C=O) groups is 1. The van der Waals surface area contributed by atoms with E-state index in [1.54, 1.807) is 0 Å². The molecule has 0 aromatic heterocycles. The fourth-order valence-electron chi connectivity index (χ4n) is 4.20. The van der Waals surface area contributed by atoms with E-state index < -0.39 is 11.5 Å². The van der Waals surface area contributed by atoms with Gasteiger partial charge in [0.05, 0.1) is 12.2 Å². The van der Waals surface area contributed by atoms with Crippen LogP contribution < -0.4 is 5.73 Å². The first kappa shape index (κ1) is 15.8. The second-order valence-corrected chi connectivity index (χ2v) is 7.85. The molecule has 0 heterocycles. The number of hydrogen-bond donors (Lipinski definition) is 2. The molecule has 0 amide bonds. The zero-order valence-electron chi connectivity index (χ0n) is 13.0. The molecule has 20 heavy (non-hydrogen) atoms. The number of carboxylic acids is 1. The number of ether oxygens (including phenoxy) is 1. The molecule has 2 aliphatic carbocycles. The second kappa shape index (κ2) is 5.64. The Bertz CT molecular complexity index is 369. The van der Waals surface area contributed by atoms with E-state index in [2.05, 4.69) is 20.8 Å². The summed E-state index contributed by atoms with van der Waals surface area (Å²) in [5.41, 5.74) is 5.24. The fourth-order valence-corrected chi connectivity index (χ4v) is 4.20. The molecule has 3 N–H and O–H groups in total. The number of aliphatic carboxylic acids is 1. The molecule has 0 aromatic rings. The average molecular weight is 283 g/mol. The van der Waals surface area contributed by atoms with Crippen LogP contribution >= 0.6 is 0 Å². The first-order chi connectivity index (χ1) is 9.20. The van der Waals surface area contributed by atoms with Gasteiger partial charge in [0, 0.05) is 6.42 Å². The third-order valence-electron chi connectivity index (χ3n) is 4.90. The van der Waals surface area contributed by atoms with Crippen molar-refractivity contribution in [2.45, 2.75) is 83.5 Å². The highest BCUT2D eigenvalue weighted by Crippen LogP contribution is 2.41. The Labute approximate surface area is 122 Å². The van der Waals surface area contributed by atoms with Crippen LogP contribution in [-0.2, 0) is 9.53 Å². The maximum Gasteiger partial charge on any atom is 0.323 e. The summed E-state index contributed by atoms with van der Waals surface area (Å²) in [6.07, 6.45) is 6.47. The molecule has 4 atom stereocenters. The third-order valence-corrected chi connectivity index (χ3v) is 4.90. The average Bonchev–Trinajstić information content (AvgIpc) is 2.25. The lowest BCUT2D eigenvalue weighted by Crippen LogP contribution is -2.53. The SMILES string of the molecule is CC1CC(OC2CCCC(N)(C(=O)O)C2)CC(C)(C)C1. The van der Waals surface area contributed by atoms with Crippen molar-refractivity contribution < 1.29 is 14.6 Å². The summed E-state index contributed by atoms with van der Waals surface area (Å²) in [5.74, 6) is -0.211. The van der Waals surface area contributed by atoms with Crippen molar-refractivity contribution in [1.82, 2.24) is 0 Å². The third kappa shape index (κ3) is 3.73. The van der Waals surface area contributed by atoms with Gasteiger partial charge in [-0.05, 0) is 49.9 Å². The summed E-state index contributed by atoms with van der Waals surface area (Å²) in [6.45, 7) is 6.87. The van der Waals surface area contributed by atoms with Crippen molar-refractivity contribution >= 4 is 5.97 Å². The molecule has 2 aliphatic rings. The maximum atomic E-state index is 11.3. The molecule has 2 fully saturated rings. The Hall–Kier alpha value is -0.610. The first-order valence-corrected chi connectivity index (χ1v) is 7.88. The van der Waals surface area contributed by atoms with Gasteiger partial charge in [0.25, 0.3) is 0 Å². The minimum absolute atomic E-state index is 0.0101. The van der Waals surface area contributed by atoms with E-state index in [4.69, 9.17) is 10.5 Å². The molecule has 4 heteroatoms. The minimum atomic E-state index is -1.08. The molecule has 2 saturated carbocycles. The number of carboxylic acid groups (broad SMARTS) is 1. The molecule has 4 unspecified atom stereocenters. The van der Waals surface area contributed by atoms with Crippen LogP contribution in [0, 0.1) is 11.3 Å². The molecular weight excluding hydrogens is 254 g/mol. The zero-order valence-corrected chi connectivity index (χ0v) is 13.0. The number of nitrogens with two attached hydrogens (primary N) is 1. The largest absolute Gasteiger partial charge is 0.480 e. The van der Waals surface area contributed by atoms with E-state index in [0.717, 1.165) is 25.7 Å². The van der Waals surface area contributed by atoms with Gasteiger partial charge < -0.3 is 15.6 Å². The lowest BCUT2D eigenvalue weighted by molar-refractivity contribution is -0.149. The van der Waals surface area contributed by atoms with Gasteiger partial charge in [0.15, 0.2) is 0 Å². The van der Waals surface area contributed by atoms with Crippen LogP contribution in [0.2, 0.25) is 0 Å². The van der Waals surface area contributed by atoms with Crippen LogP contribution in [0.25, 0.3) is 0 Å². The van der Waals surface area contributed by atoms with Crippen LogP contribution in [0.1, 0.15) is 65.7 Å². The maximum absolute atomic E-state index is 11.3. The van der Waals surface area contributed by atoms with E-state index in [1.165, 1.54) is 6.42 Å². The van der Waals surface area contributed by atoms with Crippen molar-refractivity contribution in [1.29, 1.82) is 0 Å². The molecule has 0 aromatic carbocycles. The van der Waals surface area contributed by atoms with Gasteiger partial charge in [-0.3, -0.25) is 4.79 Å². The van der Waals surface area contributed by atoms with Crippen molar-refractivity contribution in [3.05, 3.63) is 0 Å². The highest BCUT2D eigenvalue weighted by atomic mass is 16.5. The van der Waals surface area contributed by atoms with Gasteiger partial charge in [0.1, 0.15) is 5.54 Å². The predicted molar refractivity (Wildman–Crippen MR) is 78.5 cm³/mol. The van der Waals surface area contributed by atoms with E-state index in [0.29, 0.717) is 24.2 Å². The zero-order chi connectivity index (χ0) is 15.0. The molecule has 0 spiro atoms. The van der Waals surface area contributed by atoms with Crippen LogP contribution in [-0.4, -0.2) is 28.8 Å². The smallest absolute Gasteiger partial charge is 0.323 e. The van der Waals surface area contributed by atoms with Crippen molar-refractivity contribution in [3.63, 3.8) is 0 Å². The van der Waals surface area contributed by atoms with Gasteiger partial charge in [-0.25, -0.2) is 0 Å². The second-order valence-electron chi connectivity index (χ2n) is 7.85. The molecule has 4 nitrogen and oxygen atoms in total. The number of rotatable bonds is 3. The van der Waals surface area contributed by atoms with Gasteiger partial charge in [-0.1, -0.05) is 20.8 Å². The Kier molecular flexibility index (Phi) is 4.45. The molecule has 0 aliphatic heterocycles. The van der Waals surface area contributed by atoms with Crippen LogP contribution in [0.15, 0.2) is 0 Å². The van der Waals surface area contributed by atoms with Crippen molar-refractivity contribution in [2.24, 2.45) is 17.1 Å². The van der Waals surface area contributed by atoms with Crippen molar-refractivity contribution in [3.8, 4) is 0 Å². The molecule has 0 bridgehead atoms. The van der Waals surface area contributed by atoms with E-state index in [-0.39, 0.29) is 12.2 Å². The highest BCUT2D eigenvalue weighted by molar-refractivity contribution is 5.78. The topological polar surface area (TPSA) is 72.5 Å². The number of hydrogen-bond acceptors (Lipinski definition) is 3. The Morgan fingerprint density at radius 3 is 2.55 bits per heavy atom. The predicted octanol–water partition coefficient (Wildman–Crippen LogP) is 2.94. The standard InChI is InChI=1S/C16H29NO3/c1-11-7-13(9-15(2,3)8-11)20-12-5-4-6-16(17,10-12)14(18)19/h11-13H,4-10,17H2,1-3H3,(H,18,19). The van der Waals surface area contributed by atoms with E-state index >= 15 is 0 Å². The highest BCUT2D eigenvalue weighted by Gasteiger charge is 2.41. The lowest BCUT2D eigenvalue weighted by Gasteiger charge is -2.42. The fraction of sp³-hybridized carbons (Fsp3) is 0.938. The van der Waals surface area contributed by atoms with Crippen LogP contribution in [0.4, 0.5) is 0 Å². The Balaban J connectivity index is 1.94. The van der Waals surface area contributed by atoms with Gasteiger partial charge in [-0.2, -0.15) is 0 Å². The Morgan fingerprint density at radius 1 is 1.25 bits per heavy atom. The minimum Gasteiger partial charge on any atom is -0.480 e. The summed E-state index contributed by atoms with van der Waals surface area (Å²) in [6, 6.07) is 0. The van der Waals surface area contributed by atoms with Gasteiger partial charge in [-0.15, -0.1) is 0 Å².